The summed E-state index contributed by atoms with van der Waals surface area (Å²) in [6, 6.07) is 11.5. The van der Waals surface area contributed by atoms with Crippen molar-refractivity contribution in [2.45, 2.75) is 20.8 Å². The smallest absolute Gasteiger partial charge is 0.153 e. The summed E-state index contributed by atoms with van der Waals surface area (Å²) in [6.45, 7) is 5.84. The highest BCUT2D eigenvalue weighted by molar-refractivity contribution is 5.94. The number of methoxy groups -OCH3 is 3. The van der Waals surface area contributed by atoms with Crippen LogP contribution >= 0.6 is 0 Å². The summed E-state index contributed by atoms with van der Waals surface area (Å²) in [7, 11) is 4.69. The molecule has 0 saturated carbocycles. The largest absolute Gasteiger partial charge is 0.495 e. The Bertz CT molecular complexity index is 1070. The number of aldehydes is 2. The van der Waals surface area contributed by atoms with Crippen LogP contribution in [0.15, 0.2) is 36.4 Å². The summed E-state index contributed by atoms with van der Waals surface area (Å²) in [4.78, 5) is 23.3. The molecule has 0 unspecified atom stereocenters. The summed E-state index contributed by atoms with van der Waals surface area (Å²) >= 11 is 0. The molecule has 0 spiro atoms. The summed E-state index contributed by atoms with van der Waals surface area (Å²) in [6.07, 6.45) is 1.58. The van der Waals surface area contributed by atoms with Gasteiger partial charge in [-0.05, 0) is 73.9 Å². The van der Waals surface area contributed by atoms with Gasteiger partial charge in [0.05, 0.1) is 32.5 Å². The number of hydrogen-bond acceptors (Lipinski definition) is 5. The monoisotopic (exact) mass is 418 g/mol. The van der Waals surface area contributed by atoms with Crippen molar-refractivity contribution in [3.8, 4) is 39.5 Å². The van der Waals surface area contributed by atoms with Crippen molar-refractivity contribution >= 4 is 12.6 Å². The average molecular weight is 418 g/mol. The van der Waals surface area contributed by atoms with Crippen LogP contribution in [-0.2, 0) is 0 Å². The number of carbonyl (C=O) groups is 2. The molecule has 0 heterocycles. The molecule has 3 aromatic carbocycles. The maximum atomic E-state index is 11.7. The third-order valence-electron chi connectivity index (χ3n) is 5.20. The first-order valence-corrected chi connectivity index (χ1v) is 9.85. The summed E-state index contributed by atoms with van der Waals surface area (Å²) in [5.74, 6) is 1.58. The molecule has 0 aromatic heterocycles. The Morgan fingerprint density at radius 3 is 1.10 bits per heavy atom. The maximum absolute atomic E-state index is 11.7. The van der Waals surface area contributed by atoms with Crippen LogP contribution in [0.3, 0.4) is 0 Å². The maximum Gasteiger partial charge on any atom is 0.153 e. The van der Waals surface area contributed by atoms with E-state index in [1.807, 2.05) is 45.0 Å². The van der Waals surface area contributed by atoms with E-state index in [2.05, 4.69) is 0 Å². The standard InChI is InChI=1S/C26H26O5/c1-15-7-18(13-27)24(29-4)20(9-15)22-11-17(3)12-23(26(22)31-6)21-10-16(2)8-19(14-28)25(21)30-5/h7-14H,1-6H3. The molecule has 0 aliphatic rings. The highest BCUT2D eigenvalue weighted by Crippen LogP contribution is 2.47. The van der Waals surface area contributed by atoms with Crippen molar-refractivity contribution in [2.24, 2.45) is 0 Å². The molecule has 160 valence electrons. The van der Waals surface area contributed by atoms with Gasteiger partial charge in [0, 0.05) is 22.3 Å². The minimum Gasteiger partial charge on any atom is -0.495 e. The minimum atomic E-state index is 0.471. The van der Waals surface area contributed by atoms with E-state index in [0.717, 1.165) is 51.5 Å². The first-order chi connectivity index (χ1) is 14.9. The van der Waals surface area contributed by atoms with Gasteiger partial charge in [0.15, 0.2) is 12.6 Å². The van der Waals surface area contributed by atoms with Crippen molar-refractivity contribution in [2.75, 3.05) is 21.3 Å². The average Bonchev–Trinajstić information content (AvgIpc) is 2.76. The van der Waals surface area contributed by atoms with Crippen LogP contribution in [0.1, 0.15) is 37.4 Å². The lowest BCUT2D eigenvalue weighted by molar-refractivity contribution is 0.111. The molecule has 0 fully saturated rings. The normalized spacial score (nSPS) is 10.5. The molecule has 31 heavy (non-hydrogen) atoms. The molecule has 0 N–H and O–H groups in total. The zero-order valence-corrected chi connectivity index (χ0v) is 18.7. The number of hydrogen-bond donors (Lipinski definition) is 0. The van der Waals surface area contributed by atoms with Crippen LogP contribution in [0.4, 0.5) is 0 Å². The lowest BCUT2D eigenvalue weighted by Crippen LogP contribution is -2.01. The lowest BCUT2D eigenvalue weighted by Gasteiger charge is -2.20. The Labute approximate surface area is 182 Å². The van der Waals surface area contributed by atoms with Crippen molar-refractivity contribution in [3.05, 3.63) is 64.2 Å². The van der Waals surface area contributed by atoms with Crippen molar-refractivity contribution in [1.29, 1.82) is 0 Å². The number of aryl methyl sites for hydroxylation is 3. The van der Waals surface area contributed by atoms with Crippen LogP contribution < -0.4 is 14.2 Å². The van der Waals surface area contributed by atoms with Gasteiger partial charge in [-0.2, -0.15) is 0 Å². The minimum absolute atomic E-state index is 0.471. The van der Waals surface area contributed by atoms with Gasteiger partial charge in [0.1, 0.15) is 17.2 Å². The molecule has 3 aromatic rings. The van der Waals surface area contributed by atoms with Gasteiger partial charge in [-0.3, -0.25) is 9.59 Å². The third kappa shape index (κ3) is 4.04. The van der Waals surface area contributed by atoms with Gasteiger partial charge in [-0.15, -0.1) is 0 Å². The fourth-order valence-corrected chi connectivity index (χ4v) is 4.03. The molecule has 5 heteroatoms. The quantitative estimate of drug-likeness (QED) is 0.468. The van der Waals surface area contributed by atoms with Crippen molar-refractivity contribution in [1.82, 2.24) is 0 Å². The van der Waals surface area contributed by atoms with E-state index >= 15 is 0 Å². The number of ether oxygens (including phenoxy) is 3. The SMILES string of the molecule is COc1c(C=O)cc(C)cc1-c1cc(C)cc(-c2cc(C)cc(C=O)c2OC)c1OC. The molecule has 0 aliphatic carbocycles. The molecular formula is C26H26O5. The van der Waals surface area contributed by atoms with Crippen LogP contribution in [0.5, 0.6) is 17.2 Å². The van der Waals surface area contributed by atoms with Gasteiger partial charge < -0.3 is 14.2 Å². The Morgan fingerprint density at radius 2 is 0.806 bits per heavy atom. The summed E-state index contributed by atoms with van der Waals surface area (Å²) < 4.78 is 17.1. The predicted molar refractivity (Wildman–Crippen MR) is 122 cm³/mol. The second-order valence-corrected chi connectivity index (χ2v) is 7.50. The van der Waals surface area contributed by atoms with Crippen molar-refractivity contribution in [3.63, 3.8) is 0 Å². The molecular weight excluding hydrogens is 392 g/mol. The first-order valence-electron chi connectivity index (χ1n) is 9.85. The van der Waals surface area contributed by atoms with Gasteiger partial charge >= 0.3 is 0 Å². The molecule has 0 saturated heterocycles. The van der Waals surface area contributed by atoms with Crippen molar-refractivity contribution < 1.29 is 23.8 Å². The Kier molecular flexibility index (Phi) is 6.44. The van der Waals surface area contributed by atoms with E-state index in [1.165, 1.54) is 0 Å². The lowest BCUT2D eigenvalue weighted by atomic mass is 9.91. The van der Waals surface area contributed by atoms with E-state index in [4.69, 9.17) is 14.2 Å². The molecule has 0 radical (unpaired) electrons. The van der Waals surface area contributed by atoms with E-state index in [0.29, 0.717) is 28.4 Å². The molecule has 0 atom stereocenters. The second-order valence-electron chi connectivity index (χ2n) is 7.50. The number of rotatable bonds is 7. The van der Waals surface area contributed by atoms with Crippen LogP contribution in [0.25, 0.3) is 22.3 Å². The molecule has 3 rings (SSSR count). The predicted octanol–water partition coefficient (Wildman–Crippen LogP) is 5.60. The van der Waals surface area contributed by atoms with Crippen LogP contribution in [0, 0.1) is 20.8 Å². The Balaban J connectivity index is 2.43. The highest BCUT2D eigenvalue weighted by Gasteiger charge is 2.22. The van der Waals surface area contributed by atoms with Gasteiger partial charge in [-0.25, -0.2) is 0 Å². The number of benzene rings is 3. The second kappa shape index (κ2) is 9.04. The van der Waals surface area contributed by atoms with Gasteiger partial charge in [0.2, 0.25) is 0 Å². The fourth-order valence-electron chi connectivity index (χ4n) is 4.03. The number of carbonyl (C=O) groups excluding carboxylic acids is 2. The molecule has 0 amide bonds. The zero-order valence-electron chi connectivity index (χ0n) is 18.7. The van der Waals surface area contributed by atoms with E-state index in [9.17, 15) is 9.59 Å². The summed E-state index contributed by atoms with van der Waals surface area (Å²) in [5.41, 5.74) is 6.88. The Morgan fingerprint density at radius 1 is 0.516 bits per heavy atom. The Hall–Kier alpha value is -3.60. The molecule has 5 nitrogen and oxygen atoms in total. The fraction of sp³-hybridized carbons (Fsp3) is 0.231. The van der Waals surface area contributed by atoms with E-state index in [-0.39, 0.29) is 0 Å². The highest BCUT2D eigenvalue weighted by atomic mass is 16.5. The topological polar surface area (TPSA) is 61.8 Å². The third-order valence-corrected chi connectivity index (χ3v) is 5.20. The van der Waals surface area contributed by atoms with Gasteiger partial charge in [-0.1, -0.05) is 0 Å². The molecule has 0 aliphatic heterocycles. The molecule has 0 bridgehead atoms. The van der Waals surface area contributed by atoms with E-state index < -0.39 is 0 Å². The van der Waals surface area contributed by atoms with Crippen LogP contribution in [-0.4, -0.2) is 33.9 Å². The zero-order chi connectivity index (χ0) is 22.7. The van der Waals surface area contributed by atoms with Crippen LogP contribution in [0.2, 0.25) is 0 Å². The van der Waals surface area contributed by atoms with Gasteiger partial charge in [0.25, 0.3) is 0 Å². The first kappa shape index (κ1) is 22.1. The summed E-state index contributed by atoms with van der Waals surface area (Å²) in [5, 5.41) is 0. The van der Waals surface area contributed by atoms with E-state index in [1.54, 1.807) is 33.5 Å².